The molecule has 0 fully saturated rings. The predicted octanol–water partition coefficient (Wildman–Crippen LogP) is 3.53. The summed E-state index contributed by atoms with van der Waals surface area (Å²) in [6, 6.07) is 3.83. The van der Waals surface area contributed by atoms with Gasteiger partial charge < -0.3 is 5.32 Å². The van der Waals surface area contributed by atoms with E-state index in [1.54, 1.807) is 0 Å². The molecule has 3 heteroatoms. The van der Waals surface area contributed by atoms with Gasteiger partial charge in [-0.05, 0) is 49.6 Å². The Kier molecular flexibility index (Phi) is 5.56. The lowest BCUT2D eigenvalue weighted by molar-refractivity contribution is 0.367. The van der Waals surface area contributed by atoms with E-state index in [2.05, 4.69) is 19.2 Å². The molecule has 1 N–H and O–H groups in total. The number of rotatable bonds is 6. The summed E-state index contributed by atoms with van der Waals surface area (Å²) in [5, 5.41) is 3.19. The fourth-order valence-electron chi connectivity index (χ4n) is 2.18. The van der Waals surface area contributed by atoms with Crippen molar-refractivity contribution in [1.82, 2.24) is 5.32 Å². The van der Waals surface area contributed by atoms with Gasteiger partial charge in [-0.25, -0.2) is 8.78 Å². The summed E-state index contributed by atoms with van der Waals surface area (Å²) in [6.07, 6.45) is 2.72. The van der Waals surface area contributed by atoms with Crippen LogP contribution in [0, 0.1) is 17.6 Å². The molecule has 2 atom stereocenters. The highest BCUT2D eigenvalue weighted by molar-refractivity contribution is 5.20. The Labute approximate surface area is 102 Å². The Morgan fingerprint density at radius 1 is 1.29 bits per heavy atom. The first kappa shape index (κ1) is 14.1. The molecule has 1 rings (SSSR count). The fraction of sp³-hybridized carbons (Fsp3) is 0.571. The summed E-state index contributed by atoms with van der Waals surface area (Å²) < 4.78 is 26.6. The van der Waals surface area contributed by atoms with Crippen LogP contribution in [0.5, 0.6) is 0 Å². The van der Waals surface area contributed by atoms with Gasteiger partial charge in [0.25, 0.3) is 0 Å². The molecule has 0 saturated heterocycles. The number of halogens is 2. The number of hydrogen-bond acceptors (Lipinski definition) is 1. The number of hydrogen-bond donors (Lipinski definition) is 1. The number of benzene rings is 1. The molecule has 1 nitrogen and oxygen atoms in total. The zero-order chi connectivity index (χ0) is 12.8. The van der Waals surface area contributed by atoms with Gasteiger partial charge in [0, 0.05) is 6.04 Å². The van der Waals surface area contributed by atoms with E-state index in [-0.39, 0.29) is 17.7 Å². The van der Waals surface area contributed by atoms with E-state index in [9.17, 15) is 8.78 Å². The third kappa shape index (κ3) is 4.08. The van der Waals surface area contributed by atoms with Crippen molar-refractivity contribution in [2.75, 3.05) is 7.05 Å². The van der Waals surface area contributed by atoms with Gasteiger partial charge in [-0.1, -0.05) is 20.3 Å². The van der Waals surface area contributed by atoms with Crippen LogP contribution in [0.3, 0.4) is 0 Å². The monoisotopic (exact) mass is 241 g/mol. The van der Waals surface area contributed by atoms with Crippen molar-refractivity contribution in [2.45, 2.75) is 39.2 Å². The van der Waals surface area contributed by atoms with Crippen LogP contribution in [0.1, 0.15) is 32.3 Å². The lowest BCUT2D eigenvalue weighted by Gasteiger charge is -2.23. The summed E-state index contributed by atoms with van der Waals surface area (Å²) in [5.41, 5.74) is 0.451. The van der Waals surface area contributed by atoms with E-state index in [0.717, 1.165) is 18.9 Å². The largest absolute Gasteiger partial charge is 0.316 e. The molecule has 0 aromatic heterocycles. The van der Waals surface area contributed by atoms with Crippen molar-refractivity contribution in [3.8, 4) is 0 Å². The van der Waals surface area contributed by atoms with Gasteiger partial charge >= 0.3 is 0 Å². The van der Waals surface area contributed by atoms with Crippen molar-refractivity contribution in [2.24, 2.45) is 5.92 Å². The maximum atomic E-state index is 13.5. The van der Waals surface area contributed by atoms with Gasteiger partial charge in [-0.3, -0.25) is 0 Å². The minimum absolute atomic E-state index is 0.186. The maximum absolute atomic E-state index is 13.5. The van der Waals surface area contributed by atoms with Gasteiger partial charge in [0.15, 0.2) is 0 Å². The Morgan fingerprint density at radius 2 is 2.00 bits per heavy atom. The van der Waals surface area contributed by atoms with Gasteiger partial charge in [-0.15, -0.1) is 0 Å². The topological polar surface area (TPSA) is 12.0 Å². The molecular weight excluding hydrogens is 220 g/mol. The second kappa shape index (κ2) is 6.70. The molecule has 0 heterocycles. The van der Waals surface area contributed by atoms with Gasteiger partial charge in [0.05, 0.1) is 0 Å². The zero-order valence-corrected chi connectivity index (χ0v) is 10.8. The highest BCUT2D eigenvalue weighted by atomic mass is 19.1. The predicted molar refractivity (Wildman–Crippen MR) is 67.0 cm³/mol. The van der Waals surface area contributed by atoms with Crippen LogP contribution in [-0.4, -0.2) is 13.1 Å². The second-order valence-corrected chi connectivity index (χ2v) is 4.60. The lowest BCUT2D eigenvalue weighted by atomic mass is 9.91. The van der Waals surface area contributed by atoms with E-state index >= 15 is 0 Å². The van der Waals surface area contributed by atoms with Crippen molar-refractivity contribution >= 4 is 0 Å². The van der Waals surface area contributed by atoms with Crippen LogP contribution < -0.4 is 5.32 Å². The Balaban J connectivity index is 2.76. The summed E-state index contributed by atoms with van der Waals surface area (Å²) in [6.45, 7) is 4.27. The van der Waals surface area contributed by atoms with Crippen molar-refractivity contribution in [3.63, 3.8) is 0 Å². The van der Waals surface area contributed by atoms with E-state index in [4.69, 9.17) is 0 Å². The molecule has 2 unspecified atom stereocenters. The average Bonchev–Trinajstić information content (AvgIpc) is 2.30. The van der Waals surface area contributed by atoms with Gasteiger partial charge in [0.1, 0.15) is 11.6 Å². The van der Waals surface area contributed by atoms with Crippen LogP contribution in [0.25, 0.3) is 0 Å². The summed E-state index contributed by atoms with van der Waals surface area (Å²) in [7, 11) is 1.87. The molecule has 0 aliphatic rings. The first-order chi connectivity index (χ1) is 8.08. The molecular formula is C14H21F2N. The average molecular weight is 241 g/mol. The standard InChI is InChI=1S/C14H21F2N/c1-4-5-10(2)14(17-3)9-11-8-12(15)6-7-13(11)16/h6-8,10,14,17H,4-5,9H2,1-3H3. The third-order valence-electron chi connectivity index (χ3n) is 3.25. The molecule has 1 aromatic rings. The Hall–Kier alpha value is -0.960. The van der Waals surface area contributed by atoms with E-state index in [1.165, 1.54) is 12.1 Å². The molecule has 0 radical (unpaired) electrons. The summed E-state index contributed by atoms with van der Waals surface area (Å²) >= 11 is 0. The van der Waals surface area contributed by atoms with E-state index in [1.807, 2.05) is 7.05 Å². The second-order valence-electron chi connectivity index (χ2n) is 4.60. The summed E-state index contributed by atoms with van der Waals surface area (Å²) in [5.74, 6) is -0.248. The molecule has 0 aliphatic carbocycles. The molecule has 0 saturated carbocycles. The molecule has 0 amide bonds. The Bertz CT molecular complexity index is 352. The van der Waals surface area contributed by atoms with Crippen molar-refractivity contribution in [1.29, 1.82) is 0 Å². The molecule has 0 spiro atoms. The minimum atomic E-state index is -0.376. The van der Waals surface area contributed by atoms with Gasteiger partial charge in [0.2, 0.25) is 0 Å². The lowest BCUT2D eigenvalue weighted by Crippen LogP contribution is -2.34. The van der Waals surface area contributed by atoms with Crippen LogP contribution in [-0.2, 0) is 6.42 Å². The molecule has 0 bridgehead atoms. The highest BCUT2D eigenvalue weighted by Gasteiger charge is 2.17. The quantitative estimate of drug-likeness (QED) is 0.803. The maximum Gasteiger partial charge on any atom is 0.126 e. The fourth-order valence-corrected chi connectivity index (χ4v) is 2.18. The van der Waals surface area contributed by atoms with Crippen molar-refractivity contribution < 1.29 is 8.78 Å². The number of nitrogens with one attached hydrogen (secondary N) is 1. The molecule has 0 aliphatic heterocycles. The zero-order valence-electron chi connectivity index (χ0n) is 10.8. The normalized spacial score (nSPS) is 14.6. The minimum Gasteiger partial charge on any atom is -0.316 e. The van der Waals surface area contributed by atoms with E-state index in [0.29, 0.717) is 17.9 Å². The van der Waals surface area contributed by atoms with Crippen LogP contribution in [0.15, 0.2) is 18.2 Å². The van der Waals surface area contributed by atoms with Crippen LogP contribution >= 0.6 is 0 Å². The van der Waals surface area contributed by atoms with Gasteiger partial charge in [-0.2, -0.15) is 0 Å². The third-order valence-corrected chi connectivity index (χ3v) is 3.25. The molecule has 96 valence electrons. The molecule has 17 heavy (non-hydrogen) atoms. The Morgan fingerprint density at radius 3 is 2.59 bits per heavy atom. The first-order valence-corrected chi connectivity index (χ1v) is 6.19. The SMILES string of the molecule is CCCC(C)C(Cc1cc(F)ccc1F)NC. The highest BCUT2D eigenvalue weighted by Crippen LogP contribution is 2.18. The van der Waals surface area contributed by atoms with Crippen LogP contribution in [0.4, 0.5) is 8.78 Å². The number of likely N-dealkylation sites (N-methyl/N-ethyl adjacent to an activating group) is 1. The smallest absolute Gasteiger partial charge is 0.126 e. The molecule has 1 aromatic carbocycles. The summed E-state index contributed by atoms with van der Waals surface area (Å²) in [4.78, 5) is 0. The van der Waals surface area contributed by atoms with Crippen LogP contribution in [0.2, 0.25) is 0 Å². The first-order valence-electron chi connectivity index (χ1n) is 6.19. The van der Waals surface area contributed by atoms with E-state index < -0.39 is 0 Å². The van der Waals surface area contributed by atoms with Crippen molar-refractivity contribution in [3.05, 3.63) is 35.4 Å².